The number of carboxylic acid groups (broad SMARTS) is 1. The lowest BCUT2D eigenvalue weighted by Crippen LogP contribution is -2.14. The quantitative estimate of drug-likeness (QED) is 0.357. The molecule has 0 heterocycles. The summed E-state index contributed by atoms with van der Waals surface area (Å²) in [5.41, 5.74) is 0. The van der Waals surface area contributed by atoms with Crippen LogP contribution in [0, 0.1) is 0 Å². The number of hydrogen-bond acceptors (Lipinski definition) is 5. The molecule has 0 aliphatic rings. The predicted molar refractivity (Wildman–Crippen MR) is 53.5 cm³/mol. The van der Waals surface area contributed by atoms with Crippen LogP contribution in [0.1, 0.15) is 25.7 Å². The van der Waals surface area contributed by atoms with Gasteiger partial charge in [0.25, 0.3) is 10.1 Å². The Morgan fingerprint density at radius 2 is 1.69 bits per heavy atom. The van der Waals surface area contributed by atoms with E-state index in [2.05, 4.69) is 4.74 Å². The highest BCUT2D eigenvalue weighted by molar-refractivity contribution is 7.85. The first-order valence-corrected chi connectivity index (χ1v) is 6.25. The molecule has 7 nitrogen and oxygen atoms in total. The fourth-order valence-electron chi connectivity index (χ4n) is 0.879. The van der Waals surface area contributed by atoms with E-state index in [9.17, 15) is 18.0 Å². The summed E-state index contributed by atoms with van der Waals surface area (Å²) in [7, 11) is -4.11. The van der Waals surface area contributed by atoms with Crippen molar-refractivity contribution >= 4 is 22.1 Å². The zero-order valence-corrected chi connectivity index (χ0v) is 9.40. The predicted octanol–water partition coefficient (Wildman–Crippen LogP) is 0.0624. The van der Waals surface area contributed by atoms with Crippen molar-refractivity contribution < 1.29 is 32.4 Å². The van der Waals surface area contributed by atoms with Crippen LogP contribution in [0.15, 0.2) is 0 Å². The van der Waals surface area contributed by atoms with Gasteiger partial charge in [0.05, 0.1) is 0 Å². The molecular weight excluding hydrogens is 240 g/mol. The van der Waals surface area contributed by atoms with E-state index in [1.165, 1.54) is 0 Å². The van der Waals surface area contributed by atoms with E-state index >= 15 is 0 Å². The molecule has 8 heteroatoms. The van der Waals surface area contributed by atoms with Crippen molar-refractivity contribution in [1.29, 1.82) is 0 Å². The molecular formula is C8H14O7S. The van der Waals surface area contributed by atoms with Gasteiger partial charge in [-0.15, -0.1) is 0 Å². The van der Waals surface area contributed by atoms with Crippen LogP contribution in [0.25, 0.3) is 0 Å². The summed E-state index contributed by atoms with van der Waals surface area (Å²) in [6.45, 7) is -0.392. The van der Waals surface area contributed by atoms with Crippen LogP contribution in [-0.4, -0.2) is 42.4 Å². The molecule has 0 spiro atoms. The minimum Gasteiger partial charge on any atom is -0.481 e. The third-order valence-corrected chi connectivity index (χ3v) is 2.31. The summed E-state index contributed by atoms with van der Waals surface area (Å²) in [6, 6.07) is 0. The van der Waals surface area contributed by atoms with E-state index in [1.807, 2.05) is 0 Å². The van der Waals surface area contributed by atoms with Crippen molar-refractivity contribution in [3.63, 3.8) is 0 Å². The molecule has 94 valence electrons. The molecule has 0 rings (SSSR count). The van der Waals surface area contributed by atoms with Gasteiger partial charge in [-0.1, -0.05) is 0 Å². The normalized spacial score (nSPS) is 11.1. The van der Waals surface area contributed by atoms with E-state index in [-0.39, 0.29) is 12.8 Å². The molecule has 0 fully saturated rings. The molecule has 0 aromatic heterocycles. The largest absolute Gasteiger partial charge is 0.481 e. The summed E-state index contributed by atoms with van der Waals surface area (Å²) in [6.07, 6.45) is 0.761. The number of aliphatic carboxylic acids is 1. The van der Waals surface area contributed by atoms with Gasteiger partial charge in [0.1, 0.15) is 12.4 Å². The van der Waals surface area contributed by atoms with Gasteiger partial charge in [0.2, 0.25) is 0 Å². The lowest BCUT2D eigenvalue weighted by atomic mass is 10.2. The number of carbonyl (C=O) groups is 2. The van der Waals surface area contributed by atoms with E-state index in [1.54, 1.807) is 0 Å². The zero-order valence-electron chi connectivity index (χ0n) is 8.59. The first-order chi connectivity index (χ1) is 7.31. The second-order valence-electron chi connectivity index (χ2n) is 3.11. The van der Waals surface area contributed by atoms with Crippen molar-refractivity contribution in [2.75, 3.05) is 12.4 Å². The summed E-state index contributed by atoms with van der Waals surface area (Å²) in [4.78, 5) is 21.0. The molecule has 2 N–H and O–H groups in total. The standard InChI is InChI=1S/C8H14O7S/c9-7(10)3-1-2-4-8(11)15-5-6-16(12,13)14/h1-6H2,(H,9,10)(H,12,13,14). The highest BCUT2D eigenvalue weighted by Crippen LogP contribution is 2.01. The van der Waals surface area contributed by atoms with E-state index in [4.69, 9.17) is 9.66 Å². The Labute approximate surface area is 93.2 Å². The smallest absolute Gasteiger partial charge is 0.305 e. The van der Waals surface area contributed by atoms with E-state index in [0.29, 0.717) is 12.8 Å². The Morgan fingerprint density at radius 3 is 2.19 bits per heavy atom. The van der Waals surface area contributed by atoms with Crippen molar-refractivity contribution in [3.8, 4) is 0 Å². The molecule has 0 aliphatic carbocycles. The first kappa shape index (κ1) is 14.8. The average Bonchev–Trinajstić information content (AvgIpc) is 2.10. The third-order valence-electron chi connectivity index (χ3n) is 1.63. The summed E-state index contributed by atoms with van der Waals surface area (Å²) < 4.78 is 33.3. The minimum atomic E-state index is -4.11. The fourth-order valence-corrected chi connectivity index (χ4v) is 1.17. The Bertz CT molecular complexity index is 332. The van der Waals surface area contributed by atoms with Crippen molar-refractivity contribution in [3.05, 3.63) is 0 Å². The van der Waals surface area contributed by atoms with Crippen molar-refractivity contribution in [2.45, 2.75) is 25.7 Å². The molecule has 0 saturated heterocycles. The van der Waals surface area contributed by atoms with Crippen LogP contribution in [0.4, 0.5) is 0 Å². The molecule has 16 heavy (non-hydrogen) atoms. The van der Waals surface area contributed by atoms with Gasteiger partial charge in [-0.05, 0) is 12.8 Å². The topological polar surface area (TPSA) is 118 Å². The van der Waals surface area contributed by atoms with Crippen molar-refractivity contribution in [2.24, 2.45) is 0 Å². The Kier molecular flexibility index (Phi) is 6.66. The highest BCUT2D eigenvalue weighted by atomic mass is 32.2. The molecule has 0 aliphatic heterocycles. The average molecular weight is 254 g/mol. The first-order valence-electron chi connectivity index (χ1n) is 4.64. The number of carboxylic acids is 1. The minimum absolute atomic E-state index is 0.0156. The van der Waals surface area contributed by atoms with E-state index < -0.39 is 34.4 Å². The lowest BCUT2D eigenvalue weighted by molar-refractivity contribution is -0.143. The monoisotopic (exact) mass is 254 g/mol. The molecule has 0 amide bonds. The van der Waals surface area contributed by atoms with Crippen LogP contribution in [0.5, 0.6) is 0 Å². The highest BCUT2D eigenvalue weighted by Gasteiger charge is 2.08. The Balaban J connectivity index is 3.49. The maximum absolute atomic E-state index is 10.9. The van der Waals surface area contributed by atoms with Gasteiger partial charge in [-0.3, -0.25) is 14.1 Å². The molecule has 0 atom stereocenters. The van der Waals surface area contributed by atoms with Gasteiger partial charge in [-0.25, -0.2) is 0 Å². The molecule has 0 aromatic rings. The summed E-state index contributed by atoms with van der Waals surface area (Å²) >= 11 is 0. The number of carbonyl (C=O) groups excluding carboxylic acids is 1. The van der Waals surface area contributed by atoms with Crippen LogP contribution < -0.4 is 0 Å². The molecule has 0 unspecified atom stereocenters. The zero-order chi connectivity index (χ0) is 12.6. The maximum atomic E-state index is 10.9. The van der Waals surface area contributed by atoms with Crippen LogP contribution in [0.3, 0.4) is 0 Å². The van der Waals surface area contributed by atoms with Gasteiger partial charge < -0.3 is 9.84 Å². The van der Waals surface area contributed by atoms with Gasteiger partial charge >= 0.3 is 11.9 Å². The molecule has 0 saturated carbocycles. The van der Waals surface area contributed by atoms with Gasteiger partial charge in [-0.2, -0.15) is 8.42 Å². The molecule has 0 aromatic carbocycles. The summed E-state index contributed by atoms with van der Waals surface area (Å²) in [5.74, 6) is -2.16. The third kappa shape index (κ3) is 10.9. The Hall–Kier alpha value is -1.15. The van der Waals surface area contributed by atoms with Crippen LogP contribution in [0.2, 0.25) is 0 Å². The number of rotatable bonds is 8. The second kappa shape index (κ2) is 7.18. The van der Waals surface area contributed by atoms with E-state index in [0.717, 1.165) is 0 Å². The summed E-state index contributed by atoms with van der Waals surface area (Å²) in [5, 5.41) is 8.30. The van der Waals surface area contributed by atoms with Crippen molar-refractivity contribution in [1.82, 2.24) is 0 Å². The number of ether oxygens (including phenoxy) is 1. The fraction of sp³-hybridized carbons (Fsp3) is 0.750. The maximum Gasteiger partial charge on any atom is 0.305 e. The molecule has 0 radical (unpaired) electrons. The SMILES string of the molecule is O=C(O)CCCCC(=O)OCCS(=O)(=O)O. The lowest BCUT2D eigenvalue weighted by Gasteiger charge is -2.02. The number of unbranched alkanes of at least 4 members (excludes halogenated alkanes) is 1. The van der Waals surface area contributed by atoms with Crippen LogP contribution >= 0.6 is 0 Å². The number of esters is 1. The second-order valence-corrected chi connectivity index (χ2v) is 4.68. The Morgan fingerprint density at radius 1 is 1.12 bits per heavy atom. The van der Waals surface area contributed by atoms with Crippen LogP contribution in [-0.2, 0) is 24.4 Å². The molecule has 0 bridgehead atoms. The van der Waals surface area contributed by atoms with Gasteiger partial charge in [0.15, 0.2) is 0 Å². The van der Waals surface area contributed by atoms with Gasteiger partial charge in [0, 0.05) is 12.8 Å². The number of hydrogen-bond donors (Lipinski definition) is 2.